The molecule has 0 aromatic rings. The summed E-state index contributed by atoms with van der Waals surface area (Å²) in [4.78, 5) is 10.1. The van der Waals surface area contributed by atoms with Crippen LogP contribution in [0, 0.1) is 0 Å². The summed E-state index contributed by atoms with van der Waals surface area (Å²) in [5.74, 6) is -0.909. The van der Waals surface area contributed by atoms with Crippen molar-refractivity contribution in [3.63, 3.8) is 0 Å². The maximum atomic E-state index is 10.1. The van der Waals surface area contributed by atoms with Crippen molar-refractivity contribution in [3.8, 4) is 0 Å². The zero-order chi connectivity index (χ0) is 7.28. The van der Waals surface area contributed by atoms with Crippen molar-refractivity contribution in [2.45, 2.75) is 18.9 Å². The molecule has 0 aromatic heterocycles. The average molecular weight is 149 g/mol. The van der Waals surface area contributed by atoms with Crippen LogP contribution in [0.4, 0.5) is 0 Å². The fraction of sp³-hybridized carbons (Fsp3) is 0.800. The van der Waals surface area contributed by atoms with Crippen molar-refractivity contribution in [1.82, 2.24) is 0 Å². The Hall–Kier alpha value is -0.140. The van der Waals surface area contributed by atoms with Crippen molar-refractivity contribution in [3.05, 3.63) is 0 Å². The molecule has 0 rings (SSSR count). The number of nitrogens with two attached hydrogens (primary N) is 1. The second-order valence-electron chi connectivity index (χ2n) is 1.88. The van der Waals surface area contributed by atoms with Crippen LogP contribution in [-0.2, 0) is 4.79 Å². The van der Waals surface area contributed by atoms with E-state index in [9.17, 15) is 4.79 Å². The molecule has 0 aliphatic heterocycles. The van der Waals surface area contributed by atoms with E-state index >= 15 is 0 Å². The van der Waals surface area contributed by atoms with Gasteiger partial charge in [0.25, 0.3) is 0 Å². The standard InChI is InChI=1S/C5H12NO2P/c6-4(5(7)8)2-1-3-9/h4H,1-3,6,9H2,(H,7,8)/t4-/m1/s1. The number of carboxylic acid groups (broad SMARTS) is 1. The van der Waals surface area contributed by atoms with Gasteiger partial charge in [0, 0.05) is 0 Å². The first-order valence-corrected chi connectivity index (χ1v) is 3.68. The molecule has 54 valence electrons. The van der Waals surface area contributed by atoms with Crippen LogP contribution in [0.5, 0.6) is 0 Å². The summed E-state index contributed by atoms with van der Waals surface area (Å²) in [7, 11) is 2.53. The van der Waals surface area contributed by atoms with Gasteiger partial charge in [-0.05, 0) is 19.0 Å². The minimum absolute atomic E-state index is 0.568. The van der Waals surface area contributed by atoms with Crippen molar-refractivity contribution >= 4 is 15.2 Å². The summed E-state index contributed by atoms with van der Waals surface area (Å²) < 4.78 is 0. The van der Waals surface area contributed by atoms with Crippen LogP contribution in [0.2, 0.25) is 0 Å². The number of aliphatic carboxylic acids is 1. The molecule has 0 aliphatic carbocycles. The number of hydrogen-bond acceptors (Lipinski definition) is 2. The molecule has 1 unspecified atom stereocenters. The van der Waals surface area contributed by atoms with E-state index in [0.717, 1.165) is 12.6 Å². The molecular formula is C5H12NO2P. The number of carboxylic acids is 1. The van der Waals surface area contributed by atoms with Gasteiger partial charge >= 0.3 is 5.97 Å². The number of rotatable bonds is 4. The predicted octanol–water partition coefficient (Wildman–Crippen LogP) is 0.0536. The van der Waals surface area contributed by atoms with Crippen molar-refractivity contribution in [2.24, 2.45) is 5.73 Å². The highest BCUT2D eigenvalue weighted by Crippen LogP contribution is 1.97. The lowest BCUT2D eigenvalue weighted by molar-refractivity contribution is -0.138. The predicted molar refractivity (Wildman–Crippen MR) is 39.4 cm³/mol. The highest BCUT2D eigenvalue weighted by molar-refractivity contribution is 7.16. The summed E-state index contributed by atoms with van der Waals surface area (Å²) in [5, 5.41) is 8.28. The average Bonchev–Trinajstić information content (AvgIpc) is 1.82. The first-order valence-electron chi connectivity index (χ1n) is 2.87. The monoisotopic (exact) mass is 149 g/mol. The molecule has 2 atom stereocenters. The van der Waals surface area contributed by atoms with Gasteiger partial charge in [0.15, 0.2) is 0 Å². The minimum Gasteiger partial charge on any atom is -0.480 e. The van der Waals surface area contributed by atoms with Gasteiger partial charge < -0.3 is 10.8 Å². The van der Waals surface area contributed by atoms with Gasteiger partial charge in [0.05, 0.1) is 0 Å². The lowest BCUT2D eigenvalue weighted by atomic mass is 10.2. The molecule has 0 heterocycles. The third-order valence-corrected chi connectivity index (χ3v) is 1.44. The Morgan fingerprint density at radius 1 is 1.78 bits per heavy atom. The Kier molecular flexibility index (Phi) is 4.64. The molecule has 0 saturated heterocycles. The van der Waals surface area contributed by atoms with Crippen LogP contribution >= 0.6 is 9.24 Å². The van der Waals surface area contributed by atoms with Gasteiger partial charge in [0.2, 0.25) is 0 Å². The summed E-state index contributed by atoms with van der Waals surface area (Å²) in [6.45, 7) is 0. The molecule has 0 aliphatic rings. The van der Waals surface area contributed by atoms with Gasteiger partial charge in [-0.2, -0.15) is 0 Å². The first kappa shape index (κ1) is 8.86. The minimum atomic E-state index is -0.909. The van der Waals surface area contributed by atoms with E-state index in [2.05, 4.69) is 9.24 Å². The summed E-state index contributed by atoms with van der Waals surface area (Å²) in [6, 6.07) is -0.675. The van der Waals surface area contributed by atoms with E-state index in [-0.39, 0.29) is 0 Å². The van der Waals surface area contributed by atoms with Crippen LogP contribution in [0.25, 0.3) is 0 Å². The van der Waals surface area contributed by atoms with E-state index in [1.807, 2.05) is 0 Å². The second kappa shape index (κ2) is 4.71. The molecule has 3 nitrogen and oxygen atoms in total. The molecule has 3 N–H and O–H groups in total. The fourth-order valence-electron chi connectivity index (χ4n) is 0.461. The molecule has 0 bridgehead atoms. The quantitative estimate of drug-likeness (QED) is 0.555. The van der Waals surface area contributed by atoms with E-state index in [1.54, 1.807) is 0 Å². The van der Waals surface area contributed by atoms with Crippen LogP contribution in [0.3, 0.4) is 0 Å². The molecule has 0 saturated carbocycles. The largest absolute Gasteiger partial charge is 0.480 e. The molecule has 0 amide bonds. The van der Waals surface area contributed by atoms with Crippen molar-refractivity contribution < 1.29 is 9.90 Å². The van der Waals surface area contributed by atoms with Gasteiger partial charge in [-0.1, -0.05) is 0 Å². The zero-order valence-corrected chi connectivity index (χ0v) is 6.36. The highest BCUT2D eigenvalue weighted by Gasteiger charge is 2.08. The second-order valence-corrected chi connectivity index (χ2v) is 2.45. The van der Waals surface area contributed by atoms with E-state index in [1.165, 1.54) is 0 Å². The Morgan fingerprint density at radius 2 is 2.33 bits per heavy atom. The normalized spacial score (nSPS) is 13.1. The van der Waals surface area contributed by atoms with Gasteiger partial charge in [-0.15, -0.1) is 9.24 Å². The lowest BCUT2D eigenvalue weighted by Crippen LogP contribution is -2.29. The third-order valence-electron chi connectivity index (χ3n) is 1.04. The van der Waals surface area contributed by atoms with E-state index in [0.29, 0.717) is 6.42 Å². The van der Waals surface area contributed by atoms with E-state index < -0.39 is 12.0 Å². The van der Waals surface area contributed by atoms with Gasteiger partial charge in [0.1, 0.15) is 6.04 Å². The van der Waals surface area contributed by atoms with Crippen LogP contribution < -0.4 is 5.73 Å². The topological polar surface area (TPSA) is 63.3 Å². The van der Waals surface area contributed by atoms with E-state index in [4.69, 9.17) is 10.8 Å². The molecule has 9 heavy (non-hydrogen) atoms. The summed E-state index contributed by atoms with van der Waals surface area (Å²) in [6.07, 6.45) is 2.35. The highest BCUT2D eigenvalue weighted by atomic mass is 31.0. The summed E-state index contributed by atoms with van der Waals surface area (Å²) in [5.41, 5.74) is 5.19. The van der Waals surface area contributed by atoms with Gasteiger partial charge in [-0.3, -0.25) is 4.79 Å². The molecule has 0 fully saturated rings. The fourth-order valence-corrected chi connectivity index (χ4v) is 0.697. The summed E-state index contributed by atoms with van der Waals surface area (Å²) >= 11 is 0. The maximum Gasteiger partial charge on any atom is 0.320 e. The van der Waals surface area contributed by atoms with Crippen molar-refractivity contribution in [1.29, 1.82) is 0 Å². The number of carbonyl (C=O) groups is 1. The molecule has 4 heteroatoms. The smallest absolute Gasteiger partial charge is 0.320 e. The Bertz CT molecular complexity index is 97.0. The van der Waals surface area contributed by atoms with Crippen LogP contribution in [-0.4, -0.2) is 23.3 Å². The Labute approximate surface area is 56.8 Å². The number of hydrogen-bond donors (Lipinski definition) is 2. The van der Waals surface area contributed by atoms with Gasteiger partial charge in [-0.25, -0.2) is 0 Å². The van der Waals surface area contributed by atoms with Crippen LogP contribution in [0.15, 0.2) is 0 Å². The third kappa shape index (κ3) is 4.37. The lowest BCUT2D eigenvalue weighted by Gasteiger charge is -2.02. The van der Waals surface area contributed by atoms with Crippen molar-refractivity contribution in [2.75, 3.05) is 6.16 Å². The molecular weight excluding hydrogens is 137 g/mol. The van der Waals surface area contributed by atoms with Crippen LogP contribution in [0.1, 0.15) is 12.8 Å². The Balaban J connectivity index is 3.27. The SMILES string of the molecule is N[C@H](CCCP)C(=O)O. The first-order chi connectivity index (χ1) is 4.18. The Morgan fingerprint density at radius 3 is 2.67 bits per heavy atom. The zero-order valence-electron chi connectivity index (χ0n) is 5.21. The molecule has 0 spiro atoms. The maximum absolute atomic E-state index is 10.1. The molecule has 0 radical (unpaired) electrons. The molecule has 0 aromatic carbocycles.